The van der Waals surface area contributed by atoms with Crippen molar-refractivity contribution in [3.8, 4) is 0 Å². The number of imidazole rings is 1. The molecule has 1 heterocycles. The molecule has 0 saturated heterocycles. The molecule has 0 bridgehead atoms. The normalized spacial score (nSPS) is 10.4. The summed E-state index contributed by atoms with van der Waals surface area (Å²) < 4.78 is 7.10. The van der Waals surface area contributed by atoms with Crippen molar-refractivity contribution in [3.05, 3.63) is 36.2 Å². The fourth-order valence-electron chi connectivity index (χ4n) is 2.01. The van der Waals surface area contributed by atoms with Crippen molar-refractivity contribution in [2.24, 2.45) is 0 Å². The number of nitrogens with one attached hydrogen (secondary N) is 2. The van der Waals surface area contributed by atoms with Crippen molar-refractivity contribution < 1.29 is 9.53 Å². The number of anilines is 3. The monoisotopic (exact) mass is 288 g/mol. The first-order valence-corrected chi connectivity index (χ1v) is 6.76. The van der Waals surface area contributed by atoms with E-state index < -0.39 is 0 Å². The Kier molecular flexibility index (Phi) is 4.94. The average Bonchev–Trinajstić information content (AvgIpc) is 2.76. The van der Waals surface area contributed by atoms with Crippen molar-refractivity contribution >= 4 is 23.2 Å². The number of benzene rings is 1. The Labute approximate surface area is 124 Å². The summed E-state index contributed by atoms with van der Waals surface area (Å²) in [5, 5.41) is 6.02. The topological polar surface area (TPSA) is 68.2 Å². The number of carbonyl (C=O) groups excluding carboxylic acids is 1. The molecule has 112 valence electrons. The molecule has 0 fully saturated rings. The van der Waals surface area contributed by atoms with E-state index in [1.54, 1.807) is 7.11 Å². The van der Waals surface area contributed by atoms with Crippen LogP contribution in [-0.2, 0) is 16.1 Å². The lowest BCUT2D eigenvalue weighted by Crippen LogP contribution is -2.08. The van der Waals surface area contributed by atoms with Crippen LogP contribution in [0.3, 0.4) is 0 Å². The second-order valence-electron chi connectivity index (χ2n) is 4.78. The quantitative estimate of drug-likeness (QED) is 0.857. The van der Waals surface area contributed by atoms with Gasteiger partial charge in [-0.1, -0.05) is 6.07 Å². The van der Waals surface area contributed by atoms with Gasteiger partial charge in [-0.15, -0.1) is 0 Å². The summed E-state index contributed by atoms with van der Waals surface area (Å²) in [6.45, 7) is 4.78. The molecule has 0 aliphatic carbocycles. The summed E-state index contributed by atoms with van der Waals surface area (Å²) >= 11 is 0. The lowest BCUT2D eigenvalue weighted by atomic mass is 10.3. The molecule has 0 unspecified atom stereocenters. The second-order valence-corrected chi connectivity index (χ2v) is 4.78. The maximum atomic E-state index is 11.1. The smallest absolute Gasteiger partial charge is 0.221 e. The molecule has 1 aromatic carbocycles. The molecule has 2 aromatic rings. The Bertz CT molecular complexity index is 622. The van der Waals surface area contributed by atoms with Crippen LogP contribution < -0.4 is 10.6 Å². The summed E-state index contributed by atoms with van der Waals surface area (Å²) in [4.78, 5) is 15.6. The lowest BCUT2D eigenvalue weighted by Gasteiger charge is -2.10. The van der Waals surface area contributed by atoms with Crippen LogP contribution in [0.25, 0.3) is 0 Å². The first-order chi connectivity index (χ1) is 10.1. The predicted molar refractivity (Wildman–Crippen MR) is 82.9 cm³/mol. The van der Waals surface area contributed by atoms with Crippen molar-refractivity contribution in [1.29, 1.82) is 0 Å². The highest BCUT2D eigenvalue weighted by Gasteiger charge is 2.06. The Balaban J connectivity index is 2.15. The third kappa shape index (κ3) is 4.32. The molecule has 6 nitrogen and oxygen atoms in total. The summed E-state index contributed by atoms with van der Waals surface area (Å²) in [5.74, 6) is 0.661. The predicted octanol–water partition coefficient (Wildman–Crippen LogP) is 2.54. The third-order valence-electron chi connectivity index (χ3n) is 2.87. The highest BCUT2D eigenvalue weighted by molar-refractivity contribution is 5.89. The van der Waals surface area contributed by atoms with Gasteiger partial charge in [0.05, 0.1) is 12.3 Å². The Morgan fingerprint density at radius 3 is 2.86 bits per heavy atom. The van der Waals surface area contributed by atoms with Gasteiger partial charge < -0.3 is 19.9 Å². The van der Waals surface area contributed by atoms with Crippen molar-refractivity contribution in [2.45, 2.75) is 20.4 Å². The number of nitrogens with zero attached hydrogens (tertiary/aromatic N) is 2. The van der Waals surface area contributed by atoms with E-state index in [0.717, 1.165) is 29.6 Å². The Morgan fingerprint density at radius 2 is 2.14 bits per heavy atom. The lowest BCUT2D eigenvalue weighted by molar-refractivity contribution is -0.114. The van der Waals surface area contributed by atoms with Crippen LogP contribution in [0.15, 0.2) is 30.5 Å². The number of hydrogen-bond acceptors (Lipinski definition) is 4. The Hall–Kier alpha value is -2.34. The van der Waals surface area contributed by atoms with E-state index in [1.165, 1.54) is 6.92 Å². The largest absolute Gasteiger partial charge is 0.383 e. The zero-order chi connectivity index (χ0) is 15.2. The van der Waals surface area contributed by atoms with Crippen LogP contribution in [0.5, 0.6) is 0 Å². The number of rotatable bonds is 6. The van der Waals surface area contributed by atoms with Crippen LogP contribution in [0.4, 0.5) is 17.3 Å². The molecule has 0 spiro atoms. The fraction of sp³-hybridized carbons (Fsp3) is 0.333. The van der Waals surface area contributed by atoms with Crippen molar-refractivity contribution in [3.63, 3.8) is 0 Å². The van der Waals surface area contributed by atoms with Crippen LogP contribution in [-0.4, -0.2) is 29.2 Å². The van der Waals surface area contributed by atoms with Crippen LogP contribution in [0.2, 0.25) is 0 Å². The number of amides is 1. The molecule has 2 rings (SSSR count). The third-order valence-corrected chi connectivity index (χ3v) is 2.87. The van der Waals surface area contributed by atoms with Gasteiger partial charge in [-0.2, -0.15) is 0 Å². The van der Waals surface area contributed by atoms with Crippen molar-refractivity contribution in [1.82, 2.24) is 9.55 Å². The summed E-state index contributed by atoms with van der Waals surface area (Å²) in [6.07, 6.45) is 1.97. The maximum Gasteiger partial charge on any atom is 0.221 e. The van der Waals surface area contributed by atoms with Gasteiger partial charge in [-0.25, -0.2) is 4.98 Å². The van der Waals surface area contributed by atoms with Gasteiger partial charge in [0.15, 0.2) is 0 Å². The molecule has 0 atom stereocenters. The molecular formula is C15H20N4O2. The molecule has 0 radical (unpaired) electrons. The minimum atomic E-state index is -0.0930. The van der Waals surface area contributed by atoms with Crippen LogP contribution in [0.1, 0.15) is 12.6 Å². The highest BCUT2D eigenvalue weighted by Crippen LogP contribution is 2.20. The van der Waals surface area contributed by atoms with Gasteiger partial charge in [0.1, 0.15) is 0 Å². The average molecular weight is 288 g/mol. The van der Waals surface area contributed by atoms with E-state index in [0.29, 0.717) is 6.61 Å². The molecule has 2 N–H and O–H groups in total. The van der Waals surface area contributed by atoms with Gasteiger partial charge in [-0.3, -0.25) is 4.79 Å². The van der Waals surface area contributed by atoms with E-state index in [9.17, 15) is 4.79 Å². The van der Waals surface area contributed by atoms with Crippen LogP contribution in [0, 0.1) is 6.92 Å². The van der Waals surface area contributed by atoms with Crippen molar-refractivity contribution in [2.75, 3.05) is 24.4 Å². The van der Waals surface area contributed by atoms with E-state index in [1.807, 2.05) is 42.0 Å². The number of carbonyl (C=O) groups is 1. The molecular weight excluding hydrogens is 268 g/mol. The number of hydrogen-bond donors (Lipinski definition) is 2. The molecule has 1 aromatic heterocycles. The molecule has 6 heteroatoms. The minimum Gasteiger partial charge on any atom is -0.383 e. The van der Waals surface area contributed by atoms with Gasteiger partial charge in [0, 0.05) is 38.1 Å². The number of ether oxygens (including phenoxy) is 1. The standard InChI is InChI=1S/C15H20N4O2/c1-11-10-19(7-8-21-3)15(16-11)18-14-6-4-5-13(9-14)17-12(2)20/h4-6,9-10H,7-8H2,1-3H3,(H,16,18)(H,17,20). The highest BCUT2D eigenvalue weighted by atomic mass is 16.5. The van der Waals surface area contributed by atoms with Gasteiger partial charge >= 0.3 is 0 Å². The fourth-order valence-corrected chi connectivity index (χ4v) is 2.01. The van der Waals surface area contributed by atoms with Gasteiger partial charge in [0.25, 0.3) is 0 Å². The maximum absolute atomic E-state index is 11.1. The van der Waals surface area contributed by atoms with Crippen LogP contribution >= 0.6 is 0 Å². The first kappa shape index (κ1) is 15.1. The molecule has 0 aliphatic rings. The first-order valence-electron chi connectivity index (χ1n) is 6.76. The minimum absolute atomic E-state index is 0.0930. The zero-order valence-electron chi connectivity index (χ0n) is 12.5. The van der Waals surface area contributed by atoms with E-state index >= 15 is 0 Å². The van der Waals surface area contributed by atoms with E-state index in [4.69, 9.17) is 4.74 Å². The number of aryl methyl sites for hydroxylation is 1. The summed E-state index contributed by atoms with van der Waals surface area (Å²) in [7, 11) is 1.67. The van der Waals surface area contributed by atoms with Gasteiger partial charge in [-0.05, 0) is 25.1 Å². The molecule has 0 aliphatic heterocycles. The molecule has 0 saturated carbocycles. The van der Waals surface area contributed by atoms with E-state index in [2.05, 4.69) is 15.6 Å². The zero-order valence-corrected chi connectivity index (χ0v) is 12.5. The van der Waals surface area contributed by atoms with Gasteiger partial charge in [0.2, 0.25) is 11.9 Å². The van der Waals surface area contributed by atoms with E-state index in [-0.39, 0.29) is 5.91 Å². The summed E-state index contributed by atoms with van der Waals surface area (Å²) in [5.41, 5.74) is 2.55. The summed E-state index contributed by atoms with van der Waals surface area (Å²) in [6, 6.07) is 7.51. The number of aromatic nitrogens is 2. The number of methoxy groups -OCH3 is 1. The molecule has 1 amide bonds. The Morgan fingerprint density at radius 1 is 1.38 bits per heavy atom. The molecule has 21 heavy (non-hydrogen) atoms. The second kappa shape index (κ2) is 6.90. The SMILES string of the molecule is COCCn1cc(C)nc1Nc1cccc(NC(C)=O)c1.